The van der Waals surface area contributed by atoms with E-state index in [0.717, 1.165) is 14.2 Å². The van der Waals surface area contributed by atoms with Crippen molar-refractivity contribution in [2.45, 2.75) is 64.6 Å². The number of nitrogens with two attached hydrogens (primary N) is 1. The number of fused-ring (bicyclic) bond motifs is 3. The van der Waals surface area contributed by atoms with Crippen LogP contribution >= 0.6 is 0 Å². The number of carbonyl (C=O) groups is 1. The average Bonchev–Trinajstić information content (AvgIpc) is 3.02. The Kier molecular flexibility index (Phi) is 1.97. The summed E-state index contributed by atoms with van der Waals surface area (Å²) in [5.41, 5.74) is 3.21. The number of hydrogen-bond acceptors (Lipinski definition) is 6. The molecule has 0 radical (unpaired) electrons. The van der Waals surface area contributed by atoms with Crippen LogP contribution in [0.1, 0.15) is 95.7 Å². The van der Waals surface area contributed by atoms with E-state index >= 15 is 0 Å². The van der Waals surface area contributed by atoms with Crippen molar-refractivity contribution in [3.63, 3.8) is 0 Å². The van der Waals surface area contributed by atoms with Gasteiger partial charge in [0.15, 0.2) is 11.5 Å². The highest BCUT2D eigenvalue weighted by atomic mass is 16.5. The lowest BCUT2D eigenvalue weighted by Gasteiger charge is -2.47. The molecular weight excluding hydrogens is 380 g/mol. The molecule has 0 amide bonds. The zero-order valence-electron chi connectivity index (χ0n) is 43.8. The van der Waals surface area contributed by atoms with Crippen LogP contribution in [0.2, 0.25) is 0 Å². The van der Waals surface area contributed by atoms with Gasteiger partial charge in [0.1, 0.15) is 12.1 Å². The maximum atomic E-state index is 14.1. The third-order valence-electron chi connectivity index (χ3n) is 3.92. The number of esters is 1. The molecule has 2 N–H and O–H groups in total. The molecule has 0 bridgehead atoms. The number of nitrogens with zero attached hydrogens (tertiary/aromatic N) is 1. The molecule has 1 aromatic rings. The molecule has 0 saturated carbocycles. The predicted molar refractivity (Wildman–Crippen MR) is 118 cm³/mol. The topological polar surface area (TPSA) is 74.0 Å². The molecule has 3 rings (SSSR count). The third-order valence-corrected chi connectivity index (χ3v) is 3.92. The van der Waals surface area contributed by atoms with Gasteiger partial charge in [0.2, 0.25) is 0 Å². The minimum Gasteiger partial charge on any atom is -0.493 e. The number of carbonyl (C=O) groups excluding carboxylic acids is 1. The fraction of sp³-hybridized carbons (Fsp3) is 0.708. The Morgan fingerprint density at radius 1 is 1.37 bits per heavy atom. The molecule has 0 aliphatic carbocycles. The molecule has 168 valence electrons. The smallest absolute Gasteiger partial charge is 0.323 e. The summed E-state index contributed by atoms with van der Waals surface area (Å²) in [6.07, 6.45) is -19.2. The van der Waals surface area contributed by atoms with Gasteiger partial charge < -0.3 is 19.9 Å². The highest BCUT2D eigenvalue weighted by Crippen LogP contribution is 2.44. The Hall–Kier alpha value is -1.79. The molecule has 30 heavy (non-hydrogen) atoms. The second-order valence-corrected chi connectivity index (χ2v) is 5.79. The van der Waals surface area contributed by atoms with Crippen molar-refractivity contribution in [2.75, 3.05) is 27.2 Å². The lowest BCUT2D eigenvalue weighted by Crippen LogP contribution is -2.51. The monoisotopic (exact) mass is 446 g/mol. The van der Waals surface area contributed by atoms with Crippen LogP contribution in [0.5, 0.6) is 11.5 Å². The molecule has 0 spiro atoms. The molecule has 1 fully saturated rings. The zero-order chi connectivity index (χ0) is 46.5. The van der Waals surface area contributed by atoms with Crippen LogP contribution in [-0.4, -0.2) is 50.2 Å². The first-order valence-corrected chi connectivity index (χ1v) is 8.20. The quantitative estimate of drug-likeness (QED) is 0.646. The minimum absolute atomic E-state index is 0.440. The number of piperidine rings is 1. The summed E-state index contributed by atoms with van der Waals surface area (Å²) in [6.45, 7) is -27.2. The predicted octanol–water partition coefficient (Wildman–Crippen LogP) is 3.56. The highest BCUT2D eigenvalue weighted by Gasteiger charge is 2.41. The van der Waals surface area contributed by atoms with Crippen molar-refractivity contribution in [2.24, 2.45) is 23.4 Å². The molecule has 2 heterocycles. The first-order chi connectivity index (χ1) is 25.1. The number of hydrogen-bond donors (Lipinski definition) is 1. The van der Waals surface area contributed by atoms with Gasteiger partial charge in [-0.15, -0.1) is 0 Å². The summed E-state index contributed by atoms with van der Waals surface area (Å²) in [5.74, 6) is -19.0. The summed E-state index contributed by atoms with van der Waals surface area (Å²) in [7, 11) is 1.94. The Labute approximate surface area is 220 Å². The SMILES string of the molecule is [2H]C([2H])([2H])C([2H])(C([2H])([2H])[2H])C([2H])([2H])C1([2H])C([2H])([2H])N2C([2H])([2H])C([2H])([2H])c3cc(OC)c(OC)cc3C2([2H])C([2H])([2H])C1([2H])OC(=O)[C@@]([2H])(N)C([2H])(C([2H])([2H])[2H])C([2H])([2H])[2H]. The summed E-state index contributed by atoms with van der Waals surface area (Å²) < 4.78 is 253. The van der Waals surface area contributed by atoms with Crippen LogP contribution in [0, 0.1) is 17.7 Å². The summed E-state index contributed by atoms with van der Waals surface area (Å²) in [4.78, 5) is 13.2. The van der Waals surface area contributed by atoms with E-state index in [1.807, 2.05) is 0 Å². The number of methoxy groups -OCH3 is 2. The molecule has 2 aliphatic heterocycles. The van der Waals surface area contributed by atoms with Gasteiger partial charge in [0.05, 0.1) is 18.3 Å². The van der Waals surface area contributed by atoms with E-state index in [-0.39, 0.29) is 0 Å². The van der Waals surface area contributed by atoms with Gasteiger partial charge in [-0.25, -0.2) is 0 Å². The maximum absolute atomic E-state index is 14.1. The summed E-state index contributed by atoms with van der Waals surface area (Å²) in [6, 6.07) is -7.74. The van der Waals surface area contributed by atoms with Gasteiger partial charge in [-0.3, -0.25) is 9.69 Å². The fourth-order valence-electron chi connectivity index (χ4n) is 2.55. The van der Waals surface area contributed by atoms with Crippen molar-refractivity contribution >= 4 is 5.97 Å². The molecule has 2 aliphatic rings. The van der Waals surface area contributed by atoms with E-state index in [9.17, 15) is 14.4 Å². The molecule has 1 saturated heterocycles. The number of rotatable bonds is 7. The second kappa shape index (κ2) is 9.56. The van der Waals surface area contributed by atoms with Crippen molar-refractivity contribution in [3.8, 4) is 11.5 Å². The molecule has 1 aromatic carbocycles. The number of aryl methyl sites for hydroxylation is 1. The lowest BCUT2D eigenvalue weighted by atomic mass is 9.79. The largest absolute Gasteiger partial charge is 0.493 e. The Balaban J connectivity index is 2.82. The van der Waals surface area contributed by atoms with E-state index in [0.29, 0.717) is 12.1 Å². The van der Waals surface area contributed by atoms with Crippen molar-refractivity contribution < 1.29 is 57.4 Å². The highest BCUT2D eigenvalue weighted by molar-refractivity contribution is 5.76. The lowest BCUT2D eigenvalue weighted by molar-refractivity contribution is -0.160. The van der Waals surface area contributed by atoms with Gasteiger partial charge >= 0.3 is 5.97 Å². The van der Waals surface area contributed by atoms with Gasteiger partial charge in [-0.1, -0.05) is 27.4 Å². The normalized spacial score (nSPS) is 56.6. The van der Waals surface area contributed by atoms with Crippen LogP contribution < -0.4 is 15.2 Å². The first kappa shape index (κ1) is 6.16. The Morgan fingerprint density at radius 2 is 2.10 bits per heavy atom. The van der Waals surface area contributed by atoms with Crippen molar-refractivity contribution in [3.05, 3.63) is 23.3 Å². The molecule has 6 heteroatoms. The van der Waals surface area contributed by atoms with Gasteiger partial charge in [-0.05, 0) is 47.8 Å². The maximum Gasteiger partial charge on any atom is 0.323 e. The van der Waals surface area contributed by atoms with Crippen molar-refractivity contribution in [1.29, 1.82) is 0 Å². The Morgan fingerprint density at radius 3 is 2.77 bits per heavy atom. The third kappa shape index (κ3) is 4.75. The zero-order valence-corrected chi connectivity index (χ0v) is 15.8. The van der Waals surface area contributed by atoms with E-state index in [1.54, 1.807) is 0 Å². The average molecular weight is 447 g/mol. The molecule has 6 nitrogen and oxygen atoms in total. The van der Waals surface area contributed by atoms with Crippen LogP contribution in [-0.2, 0) is 15.9 Å². The molecular formula is C24H38N2O4. The van der Waals surface area contributed by atoms with Gasteiger partial charge in [-0.2, -0.15) is 0 Å². The van der Waals surface area contributed by atoms with Gasteiger partial charge in [0, 0.05) is 65.5 Å². The number of benzene rings is 1. The molecule has 0 aromatic heterocycles. The fourth-order valence-corrected chi connectivity index (χ4v) is 2.55. The van der Waals surface area contributed by atoms with Crippen LogP contribution in [0.15, 0.2) is 12.1 Å². The van der Waals surface area contributed by atoms with Crippen LogP contribution in [0.25, 0.3) is 0 Å². The summed E-state index contributed by atoms with van der Waals surface area (Å²) >= 11 is 0. The van der Waals surface area contributed by atoms with E-state index in [1.165, 1.54) is 0 Å². The standard InChI is InChI=1S/C24H38N2O4/c1-14(2)9-17-13-26-8-7-16-10-21(28-5)22(29-6)11-18(16)19(26)12-20(17)30-24(27)23(25)15(3)4/h10-11,14-15,17,19-20,23H,7-9,12-13,25H2,1-6H3/t17?,19?,20?,23-/m0/s1/i1D3,2D3,3D3,4D3,7D2,8D2,9D2,12D2,13D2,14D,15D,17D,19D,20D,23D. The first-order valence-electron chi connectivity index (χ1n) is 22.2. The second-order valence-electron chi connectivity index (χ2n) is 5.79. The van der Waals surface area contributed by atoms with Crippen molar-refractivity contribution in [1.82, 2.24) is 4.90 Å². The molecule has 3 unspecified atom stereocenters. The van der Waals surface area contributed by atoms with E-state index in [4.69, 9.17) is 48.7 Å². The van der Waals surface area contributed by atoms with E-state index < -0.39 is 129 Å². The van der Waals surface area contributed by atoms with E-state index in [2.05, 4.69) is 0 Å². The molecule has 4 atom stereocenters. The summed E-state index contributed by atoms with van der Waals surface area (Å²) in [5, 5.41) is 0. The number of ether oxygens (including phenoxy) is 3. The van der Waals surface area contributed by atoms with Gasteiger partial charge in [0.25, 0.3) is 0 Å². The Bertz CT molecular complexity index is 1790. The van der Waals surface area contributed by atoms with Crippen LogP contribution in [0.4, 0.5) is 0 Å². The van der Waals surface area contributed by atoms with Crippen LogP contribution in [0.3, 0.4) is 0 Å². The minimum atomic E-state index is -5.39.